The molecule has 4 aromatic rings. The number of nitrogen functional groups attached to an aromatic ring is 1. The number of benzene rings is 2. The molecule has 0 radical (unpaired) electrons. The first-order valence-corrected chi connectivity index (χ1v) is 18.1. The standard InChI is InChI=1S/C27H34BrN5O10P2/c1-2-3-4-23-32-25-26(33(23)16-18-14-19(42-44(35,36)37)6-8-22(18)43-45(38,39)40)20-13-17(5-7-21(20)31-27(25)29)9-11-41-12-10-30-24(34)15-28/h5-8,13-14H,2-4,9-12,15-16H2,1H3,(H2,29,31)(H,30,34)(H2,35,36,37)(H2,38,39,40). The van der Waals surface area contributed by atoms with E-state index >= 15 is 0 Å². The van der Waals surface area contributed by atoms with Gasteiger partial charge in [0, 0.05) is 23.9 Å². The van der Waals surface area contributed by atoms with Gasteiger partial charge in [-0.15, -0.1) is 0 Å². The summed E-state index contributed by atoms with van der Waals surface area (Å²) in [7, 11) is -9.93. The van der Waals surface area contributed by atoms with Gasteiger partial charge >= 0.3 is 15.6 Å². The number of fused-ring (bicyclic) bond motifs is 3. The smallest absolute Gasteiger partial charge is 0.404 e. The summed E-state index contributed by atoms with van der Waals surface area (Å²) in [6.45, 7) is 3.11. The highest BCUT2D eigenvalue weighted by atomic mass is 79.9. The van der Waals surface area contributed by atoms with E-state index in [0.717, 1.165) is 29.9 Å². The van der Waals surface area contributed by atoms with E-state index < -0.39 is 15.6 Å². The number of amides is 1. The van der Waals surface area contributed by atoms with Gasteiger partial charge in [0.25, 0.3) is 0 Å². The third-order valence-corrected chi connectivity index (χ3v) is 8.02. The van der Waals surface area contributed by atoms with Crippen LogP contribution in [0.3, 0.4) is 0 Å². The second-order valence-electron chi connectivity index (χ2n) is 10.0. The van der Waals surface area contributed by atoms with Crippen LogP contribution in [0.25, 0.3) is 21.9 Å². The van der Waals surface area contributed by atoms with Crippen molar-refractivity contribution >= 4 is 65.2 Å². The summed E-state index contributed by atoms with van der Waals surface area (Å²) < 4.78 is 40.5. The summed E-state index contributed by atoms with van der Waals surface area (Å²) >= 11 is 3.09. The molecule has 2 heterocycles. The highest BCUT2D eigenvalue weighted by molar-refractivity contribution is 9.09. The number of ether oxygens (including phenoxy) is 1. The summed E-state index contributed by atoms with van der Waals surface area (Å²) in [5, 5.41) is 3.65. The van der Waals surface area contributed by atoms with Crippen molar-refractivity contribution in [3.8, 4) is 11.5 Å². The van der Waals surface area contributed by atoms with Gasteiger partial charge in [-0.2, -0.15) is 0 Å². The van der Waals surface area contributed by atoms with E-state index in [2.05, 4.69) is 26.2 Å². The number of nitrogens with zero attached hydrogens (tertiary/aromatic N) is 3. The number of alkyl halides is 1. The van der Waals surface area contributed by atoms with Gasteiger partial charge < -0.3 is 29.4 Å². The van der Waals surface area contributed by atoms with Gasteiger partial charge in [-0.1, -0.05) is 35.3 Å². The van der Waals surface area contributed by atoms with E-state index in [1.807, 2.05) is 29.7 Å². The van der Waals surface area contributed by atoms with Crippen molar-refractivity contribution in [1.82, 2.24) is 19.9 Å². The van der Waals surface area contributed by atoms with E-state index in [0.29, 0.717) is 55.0 Å². The molecule has 15 nitrogen and oxygen atoms in total. The van der Waals surface area contributed by atoms with E-state index in [4.69, 9.17) is 24.5 Å². The maximum atomic E-state index is 11.8. The molecule has 7 N–H and O–H groups in total. The molecule has 1 amide bonds. The van der Waals surface area contributed by atoms with Crippen LogP contribution in [-0.2, 0) is 38.0 Å². The number of unbranched alkanes of at least 4 members (excludes halogenated alkanes) is 1. The van der Waals surface area contributed by atoms with Crippen LogP contribution in [0.15, 0.2) is 36.4 Å². The summed E-state index contributed by atoms with van der Waals surface area (Å²) in [5.74, 6) is 0.258. The fourth-order valence-electron chi connectivity index (χ4n) is 4.72. The van der Waals surface area contributed by atoms with Crippen LogP contribution in [0, 0.1) is 0 Å². The molecular formula is C27H34BrN5O10P2. The average Bonchev–Trinajstić information content (AvgIpc) is 3.32. The van der Waals surface area contributed by atoms with Crippen LogP contribution in [0.2, 0.25) is 0 Å². The Morgan fingerprint density at radius 1 is 1.02 bits per heavy atom. The predicted molar refractivity (Wildman–Crippen MR) is 170 cm³/mol. The van der Waals surface area contributed by atoms with Crippen molar-refractivity contribution in [3.63, 3.8) is 0 Å². The van der Waals surface area contributed by atoms with Gasteiger partial charge in [-0.3, -0.25) is 24.4 Å². The predicted octanol–water partition coefficient (Wildman–Crippen LogP) is 3.57. The molecule has 0 saturated heterocycles. The van der Waals surface area contributed by atoms with Crippen LogP contribution in [0.4, 0.5) is 5.82 Å². The summed E-state index contributed by atoms with van der Waals surface area (Å²) in [5.41, 5.74) is 9.10. The molecular weight excluding hydrogens is 696 g/mol. The number of hydrogen-bond donors (Lipinski definition) is 6. The lowest BCUT2D eigenvalue weighted by atomic mass is 10.1. The lowest BCUT2D eigenvalue weighted by molar-refractivity contribution is -0.118. The molecule has 0 atom stereocenters. The number of rotatable bonds is 16. The van der Waals surface area contributed by atoms with Crippen molar-refractivity contribution in [2.24, 2.45) is 0 Å². The summed E-state index contributed by atoms with van der Waals surface area (Å²) in [6.07, 6.45) is 2.74. The van der Waals surface area contributed by atoms with Gasteiger partial charge in [0.2, 0.25) is 5.91 Å². The van der Waals surface area contributed by atoms with Crippen LogP contribution in [-0.4, -0.2) is 65.1 Å². The third-order valence-electron chi connectivity index (χ3n) is 6.63. The molecule has 0 fully saturated rings. The van der Waals surface area contributed by atoms with Crippen LogP contribution in [0.1, 0.15) is 36.7 Å². The first-order chi connectivity index (χ1) is 21.3. The molecule has 0 aliphatic heterocycles. The molecule has 0 spiro atoms. The van der Waals surface area contributed by atoms with Crippen LogP contribution in [0.5, 0.6) is 11.5 Å². The number of nitrogens with one attached hydrogen (secondary N) is 1. The minimum Gasteiger partial charge on any atom is -0.404 e. The van der Waals surface area contributed by atoms with Crippen molar-refractivity contribution in [3.05, 3.63) is 53.3 Å². The Kier molecular flexibility index (Phi) is 11.6. The number of halogens is 1. The number of imidazole rings is 1. The van der Waals surface area contributed by atoms with Crippen molar-refractivity contribution in [2.45, 2.75) is 39.2 Å². The number of carbonyl (C=O) groups excluding carboxylic acids is 1. The van der Waals surface area contributed by atoms with Gasteiger partial charge in [-0.25, -0.2) is 19.1 Å². The largest absolute Gasteiger partial charge is 0.524 e. The minimum absolute atomic E-state index is 0.0603. The third kappa shape index (κ3) is 9.71. The zero-order valence-corrected chi connectivity index (χ0v) is 27.6. The highest BCUT2D eigenvalue weighted by Gasteiger charge is 2.24. The highest BCUT2D eigenvalue weighted by Crippen LogP contribution is 2.43. The van der Waals surface area contributed by atoms with Crippen LogP contribution >= 0.6 is 31.6 Å². The zero-order valence-electron chi connectivity index (χ0n) is 24.3. The molecule has 0 saturated carbocycles. The molecule has 0 bridgehead atoms. The SMILES string of the molecule is CCCCc1nc2c(N)nc3ccc(CCOCCNC(=O)CBr)cc3c2n1Cc1cc(OP(=O)(O)O)ccc1OP(=O)(O)O. The summed E-state index contributed by atoms with van der Waals surface area (Å²) in [6, 6.07) is 9.24. The Bertz CT molecular complexity index is 1770. The lowest BCUT2D eigenvalue weighted by Crippen LogP contribution is -2.28. The molecule has 45 heavy (non-hydrogen) atoms. The normalized spacial score (nSPS) is 12.1. The van der Waals surface area contributed by atoms with Gasteiger partial charge in [0.1, 0.15) is 22.8 Å². The number of nitrogens with two attached hydrogens (primary N) is 1. The second kappa shape index (κ2) is 15.0. The fourth-order valence-corrected chi connectivity index (χ4v) is 5.74. The minimum atomic E-state index is -5.00. The van der Waals surface area contributed by atoms with Crippen molar-refractivity contribution in [2.75, 3.05) is 30.8 Å². The van der Waals surface area contributed by atoms with E-state index in [1.54, 1.807) is 0 Å². The fraction of sp³-hybridized carbons (Fsp3) is 0.370. The first kappa shape index (κ1) is 34.8. The molecule has 4 rings (SSSR count). The molecule has 0 aliphatic rings. The number of aromatic nitrogens is 3. The van der Waals surface area contributed by atoms with E-state index in [1.165, 1.54) is 12.1 Å². The van der Waals surface area contributed by atoms with Gasteiger partial charge in [-0.05, 0) is 48.7 Å². The molecule has 0 unspecified atom stereocenters. The maximum Gasteiger partial charge on any atom is 0.524 e. The van der Waals surface area contributed by atoms with Gasteiger partial charge in [0.15, 0.2) is 5.82 Å². The van der Waals surface area contributed by atoms with Gasteiger partial charge in [0.05, 0.1) is 36.1 Å². The Morgan fingerprint density at radius 2 is 1.78 bits per heavy atom. The second-order valence-corrected chi connectivity index (χ2v) is 12.9. The van der Waals surface area contributed by atoms with E-state index in [9.17, 15) is 33.5 Å². The number of anilines is 1. The van der Waals surface area contributed by atoms with E-state index in [-0.39, 0.29) is 40.7 Å². The molecule has 18 heteroatoms. The number of aryl methyl sites for hydroxylation is 1. The molecule has 2 aromatic heterocycles. The molecule has 0 aliphatic carbocycles. The molecule has 244 valence electrons. The number of phosphoric acid groups is 2. The lowest BCUT2D eigenvalue weighted by Gasteiger charge is -2.17. The molecule has 2 aromatic carbocycles. The number of pyridine rings is 1. The maximum absolute atomic E-state index is 11.8. The van der Waals surface area contributed by atoms with Crippen molar-refractivity contribution in [1.29, 1.82) is 0 Å². The average molecular weight is 730 g/mol. The Labute approximate surface area is 266 Å². The topological polar surface area (TPSA) is 229 Å². The first-order valence-electron chi connectivity index (χ1n) is 13.9. The van der Waals surface area contributed by atoms with Crippen LogP contribution < -0.4 is 20.1 Å². The Morgan fingerprint density at radius 3 is 2.47 bits per heavy atom. The number of hydrogen-bond acceptors (Lipinski definition) is 9. The number of phosphoric ester groups is 2. The quantitative estimate of drug-likeness (QED) is 0.0551. The zero-order chi connectivity index (χ0) is 32.8. The monoisotopic (exact) mass is 729 g/mol. The Hall–Kier alpha value is -3.07. The Balaban J connectivity index is 1.77. The van der Waals surface area contributed by atoms with Crippen molar-refractivity contribution < 1.29 is 47.3 Å². The number of carbonyl (C=O) groups is 1. The summed E-state index contributed by atoms with van der Waals surface area (Å²) in [4.78, 5) is 58.5.